The molecule has 0 amide bonds. The lowest BCUT2D eigenvalue weighted by molar-refractivity contribution is 0.0393. The molecule has 0 saturated heterocycles. The topological polar surface area (TPSA) is 9.23 Å². The fourth-order valence-electron chi connectivity index (χ4n) is 1.84. The Labute approximate surface area is 73.6 Å². The van der Waals surface area contributed by atoms with Crippen molar-refractivity contribution in [3.8, 4) is 0 Å². The van der Waals surface area contributed by atoms with Crippen molar-refractivity contribution in [1.29, 1.82) is 0 Å². The molecule has 0 aromatic rings. The standard InChI is InChI=1S/C10H17FO/c1-4-8-5-7(2)9(11)6-10(8)12-3/h8,10H,4-6H2,1-3H3/t8-,10+/m0/s1. The minimum Gasteiger partial charge on any atom is -0.381 e. The summed E-state index contributed by atoms with van der Waals surface area (Å²) in [7, 11) is 1.67. The van der Waals surface area contributed by atoms with E-state index in [0.29, 0.717) is 12.3 Å². The van der Waals surface area contributed by atoms with Crippen LogP contribution in [0.1, 0.15) is 33.1 Å². The number of hydrogen-bond donors (Lipinski definition) is 0. The van der Waals surface area contributed by atoms with E-state index in [1.165, 1.54) is 0 Å². The molecule has 0 aromatic carbocycles. The molecule has 0 radical (unpaired) electrons. The lowest BCUT2D eigenvalue weighted by Crippen LogP contribution is -2.26. The summed E-state index contributed by atoms with van der Waals surface area (Å²) in [6.45, 7) is 4.01. The number of methoxy groups -OCH3 is 1. The van der Waals surface area contributed by atoms with Crippen LogP contribution in [0, 0.1) is 5.92 Å². The van der Waals surface area contributed by atoms with Crippen molar-refractivity contribution in [2.45, 2.75) is 39.2 Å². The van der Waals surface area contributed by atoms with Crippen molar-refractivity contribution in [2.75, 3.05) is 7.11 Å². The summed E-state index contributed by atoms with van der Waals surface area (Å²) >= 11 is 0. The third kappa shape index (κ3) is 1.86. The molecule has 0 aliphatic heterocycles. The summed E-state index contributed by atoms with van der Waals surface area (Å²) < 4.78 is 18.4. The van der Waals surface area contributed by atoms with E-state index in [0.717, 1.165) is 18.4 Å². The van der Waals surface area contributed by atoms with Gasteiger partial charge in [-0.3, -0.25) is 0 Å². The van der Waals surface area contributed by atoms with Gasteiger partial charge < -0.3 is 4.74 Å². The number of hydrogen-bond acceptors (Lipinski definition) is 1. The minimum absolute atomic E-state index is 0.0338. The Morgan fingerprint density at radius 2 is 2.17 bits per heavy atom. The van der Waals surface area contributed by atoms with Gasteiger partial charge in [-0.1, -0.05) is 13.3 Å². The zero-order chi connectivity index (χ0) is 9.14. The van der Waals surface area contributed by atoms with Crippen molar-refractivity contribution in [3.63, 3.8) is 0 Å². The molecule has 0 spiro atoms. The highest BCUT2D eigenvalue weighted by atomic mass is 19.1. The Bertz CT molecular complexity index is 166. The van der Waals surface area contributed by atoms with E-state index in [1.807, 2.05) is 6.92 Å². The Kier molecular flexibility index (Phi) is 3.27. The smallest absolute Gasteiger partial charge is 0.101 e. The summed E-state index contributed by atoms with van der Waals surface area (Å²) in [5, 5.41) is 0. The molecule has 12 heavy (non-hydrogen) atoms. The summed E-state index contributed by atoms with van der Waals surface area (Å²) in [5.74, 6) is 0.543. The van der Waals surface area contributed by atoms with E-state index in [9.17, 15) is 4.39 Å². The third-order valence-electron chi connectivity index (χ3n) is 2.76. The first-order chi connectivity index (χ1) is 5.69. The summed E-state index contributed by atoms with van der Waals surface area (Å²) in [5.41, 5.74) is 0.912. The van der Waals surface area contributed by atoms with E-state index < -0.39 is 0 Å². The normalized spacial score (nSPS) is 31.0. The Balaban J connectivity index is 2.68. The molecule has 0 fully saturated rings. The highest BCUT2D eigenvalue weighted by Crippen LogP contribution is 2.33. The molecule has 1 aliphatic carbocycles. The van der Waals surface area contributed by atoms with Gasteiger partial charge in [-0.05, 0) is 24.8 Å². The fourth-order valence-corrected chi connectivity index (χ4v) is 1.84. The van der Waals surface area contributed by atoms with E-state index in [2.05, 4.69) is 6.92 Å². The highest BCUT2D eigenvalue weighted by molar-refractivity contribution is 5.12. The molecule has 0 saturated carbocycles. The van der Waals surface area contributed by atoms with Gasteiger partial charge in [0.25, 0.3) is 0 Å². The van der Waals surface area contributed by atoms with Crippen LogP contribution < -0.4 is 0 Å². The maximum absolute atomic E-state index is 13.1. The molecule has 70 valence electrons. The van der Waals surface area contributed by atoms with Crippen LogP contribution in [0.15, 0.2) is 11.4 Å². The molecule has 2 atom stereocenters. The highest BCUT2D eigenvalue weighted by Gasteiger charge is 2.27. The van der Waals surface area contributed by atoms with Crippen LogP contribution in [0.25, 0.3) is 0 Å². The fraction of sp³-hybridized carbons (Fsp3) is 0.800. The minimum atomic E-state index is 0.0338. The second-order valence-electron chi connectivity index (χ2n) is 3.54. The Hall–Kier alpha value is -0.370. The Morgan fingerprint density at radius 3 is 2.67 bits per heavy atom. The van der Waals surface area contributed by atoms with Crippen molar-refractivity contribution in [1.82, 2.24) is 0 Å². The molecule has 1 nitrogen and oxygen atoms in total. The monoisotopic (exact) mass is 172 g/mol. The lowest BCUT2D eigenvalue weighted by atomic mass is 9.84. The number of ether oxygens (including phenoxy) is 1. The molecular weight excluding hydrogens is 155 g/mol. The van der Waals surface area contributed by atoms with E-state index >= 15 is 0 Å². The van der Waals surface area contributed by atoms with Gasteiger partial charge in [0.1, 0.15) is 5.83 Å². The van der Waals surface area contributed by atoms with Crippen LogP contribution in [0.5, 0.6) is 0 Å². The van der Waals surface area contributed by atoms with Crippen LogP contribution >= 0.6 is 0 Å². The summed E-state index contributed by atoms with van der Waals surface area (Å²) in [6.07, 6.45) is 2.50. The van der Waals surface area contributed by atoms with Gasteiger partial charge >= 0.3 is 0 Å². The second-order valence-corrected chi connectivity index (χ2v) is 3.54. The summed E-state index contributed by atoms with van der Waals surface area (Å²) in [6, 6.07) is 0. The van der Waals surface area contributed by atoms with Gasteiger partial charge in [0, 0.05) is 13.5 Å². The molecule has 0 unspecified atom stereocenters. The maximum Gasteiger partial charge on any atom is 0.101 e. The van der Waals surface area contributed by atoms with Crippen LogP contribution in [-0.4, -0.2) is 13.2 Å². The average molecular weight is 172 g/mol. The average Bonchev–Trinajstić information content (AvgIpc) is 2.09. The zero-order valence-corrected chi connectivity index (χ0v) is 8.06. The van der Waals surface area contributed by atoms with E-state index in [-0.39, 0.29) is 11.9 Å². The molecule has 0 bridgehead atoms. The van der Waals surface area contributed by atoms with Crippen molar-refractivity contribution >= 4 is 0 Å². The zero-order valence-electron chi connectivity index (χ0n) is 8.06. The van der Waals surface area contributed by atoms with Crippen LogP contribution in [-0.2, 0) is 4.74 Å². The van der Waals surface area contributed by atoms with Gasteiger partial charge in [0.05, 0.1) is 6.10 Å². The first kappa shape index (κ1) is 9.72. The van der Waals surface area contributed by atoms with E-state index in [1.54, 1.807) is 7.11 Å². The molecule has 0 N–H and O–H groups in total. The van der Waals surface area contributed by atoms with Gasteiger partial charge in [0.2, 0.25) is 0 Å². The first-order valence-corrected chi connectivity index (χ1v) is 4.56. The molecular formula is C10H17FO. The largest absolute Gasteiger partial charge is 0.381 e. The summed E-state index contributed by atoms with van der Waals surface area (Å²) in [4.78, 5) is 0. The van der Waals surface area contributed by atoms with E-state index in [4.69, 9.17) is 4.74 Å². The molecule has 0 heterocycles. The predicted molar refractivity (Wildman–Crippen MR) is 47.6 cm³/mol. The first-order valence-electron chi connectivity index (χ1n) is 4.56. The molecule has 0 aromatic heterocycles. The molecule has 1 aliphatic rings. The second kappa shape index (κ2) is 4.04. The van der Waals surface area contributed by atoms with Crippen LogP contribution in [0.2, 0.25) is 0 Å². The van der Waals surface area contributed by atoms with Crippen molar-refractivity contribution in [3.05, 3.63) is 11.4 Å². The van der Waals surface area contributed by atoms with Gasteiger partial charge in [-0.15, -0.1) is 0 Å². The number of rotatable bonds is 2. The van der Waals surface area contributed by atoms with Crippen LogP contribution in [0.3, 0.4) is 0 Å². The molecule has 2 heteroatoms. The third-order valence-corrected chi connectivity index (χ3v) is 2.76. The van der Waals surface area contributed by atoms with Crippen LogP contribution in [0.4, 0.5) is 4.39 Å². The SMILES string of the molecule is CC[C@H]1CC(C)=C(F)C[C@H]1OC. The lowest BCUT2D eigenvalue weighted by Gasteiger charge is -2.29. The predicted octanol–water partition coefficient (Wildman–Crippen LogP) is 3.06. The van der Waals surface area contributed by atoms with Gasteiger partial charge in [0.15, 0.2) is 0 Å². The van der Waals surface area contributed by atoms with Gasteiger partial charge in [-0.2, -0.15) is 0 Å². The quantitative estimate of drug-likeness (QED) is 0.622. The van der Waals surface area contributed by atoms with Crippen molar-refractivity contribution < 1.29 is 9.13 Å². The number of allylic oxidation sites excluding steroid dienone is 1. The van der Waals surface area contributed by atoms with Crippen molar-refractivity contribution in [2.24, 2.45) is 5.92 Å². The van der Waals surface area contributed by atoms with Gasteiger partial charge in [-0.25, -0.2) is 4.39 Å². The number of halogens is 1. The maximum atomic E-state index is 13.1. The Morgan fingerprint density at radius 1 is 1.50 bits per heavy atom. The molecule has 1 rings (SSSR count).